The van der Waals surface area contributed by atoms with E-state index in [0.29, 0.717) is 6.42 Å². The van der Waals surface area contributed by atoms with Crippen LogP contribution in [0.2, 0.25) is 0 Å². The van der Waals surface area contributed by atoms with E-state index in [1.54, 1.807) is 0 Å². The number of carbonyl (C=O) groups is 1. The van der Waals surface area contributed by atoms with E-state index in [0.717, 1.165) is 33.8 Å². The fourth-order valence-electron chi connectivity index (χ4n) is 4.14. The minimum absolute atomic E-state index is 0.0293. The van der Waals surface area contributed by atoms with Crippen molar-refractivity contribution in [3.8, 4) is 0 Å². The van der Waals surface area contributed by atoms with Crippen LogP contribution in [0.1, 0.15) is 55.1 Å². The fraction of sp³-hybridized carbons (Fsp3) is 0.476. The number of H-pyrrole nitrogens is 1. The summed E-state index contributed by atoms with van der Waals surface area (Å²) in [5, 5.41) is 7.68. The molecule has 154 valence electrons. The molecule has 4 N–H and O–H groups in total. The van der Waals surface area contributed by atoms with Crippen molar-refractivity contribution < 1.29 is 4.79 Å². The van der Waals surface area contributed by atoms with Crippen LogP contribution >= 0.6 is 0 Å². The van der Waals surface area contributed by atoms with Gasteiger partial charge < -0.3 is 10.3 Å². The highest BCUT2D eigenvalue weighted by Crippen LogP contribution is 2.28. The highest BCUT2D eigenvalue weighted by molar-refractivity contribution is 5.82. The third-order valence-corrected chi connectivity index (χ3v) is 5.80. The van der Waals surface area contributed by atoms with Crippen molar-refractivity contribution in [2.75, 3.05) is 0 Å². The Labute approximate surface area is 170 Å². The average Bonchev–Trinajstić information content (AvgIpc) is 3.37. The molecule has 0 aliphatic carbocycles. The van der Waals surface area contributed by atoms with Crippen molar-refractivity contribution in [3.05, 3.63) is 47.0 Å². The number of fused-ring (bicyclic) bond motifs is 1. The Morgan fingerprint density at radius 1 is 1.24 bits per heavy atom. The van der Waals surface area contributed by atoms with Crippen LogP contribution in [-0.4, -0.2) is 31.7 Å². The maximum atomic E-state index is 13.0. The summed E-state index contributed by atoms with van der Waals surface area (Å²) < 4.78 is 1.89. The lowest BCUT2D eigenvalue weighted by molar-refractivity contribution is -0.124. The number of benzene rings is 1. The Bertz CT molecular complexity index is 1000. The van der Waals surface area contributed by atoms with E-state index in [4.69, 9.17) is 0 Å². The van der Waals surface area contributed by atoms with Crippen molar-refractivity contribution in [2.45, 2.75) is 52.2 Å². The van der Waals surface area contributed by atoms with Gasteiger partial charge in [0.15, 0.2) is 0 Å². The zero-order chi connectivity index (χ0) is 20.7. The molecule has 1 aliphatic rings. The molecule has 8 heteroatoms. The van der Waals surface area contributed by atoms with E-state index in [-0.39, 0.29) is 30.0 Å². The number of imidazole rings is 1. The molecule has 1 saturated heterocycles. The first kappa shape index (κ1) is 19.6. The summed E-state index contributed by atoms with van der Waals surface area (Å²) in [4.78, 5) is 21.1. The molecule has 1 aromatic carbocycles. The van der Waals surface area contributed by atoms with Crippen LogP contribution in [0.4, 0.5) is 0 Å². The molecule has 1 amide bonds. The van der Waals surface area contributed by atoms with Gasteiger partial charge in [0.2, 0.25) is 5.91 Å². The Morgan fingerprint density at radius 3 is 2.66 bits per heavy atom. The summed E-state index contributed by atoms with van der Waals surface area (Å²) >= 11 is 0. The number of aromatic amines is 1. The smallest absolute Gasteiger partial charge is 0.239 e. The molecule has 0 bridgehead atoms. The number of aryl methyl sites for hydroxylation is 2. The number of hydrogen-bond acceptors (Lipinski definition) is 5. The number of para-hydroxylation sites is 2. The largest absolute Gasteiger partial charge is 0.344 e. The van der Waals surface area contributed by atoms with Gasteiger partial charge in [0.1, 0.15) is 11.9 Å². The number of nitrogens with zero attached hydrogens (tertiary/aromatic N) is 3. The number of nitrogens with one attached hydrogen (secondary N) is 4. The second-order valence-electron chi connectivity index (χ2n) is 8.21. The van der Waals surface area contributed by atoms with E-state index in [9.17, 15) is 4.79 Å². The van der Waals surface area contributed by atoms with Crippen LogP contribution < -0.4 is 16.2 Å². The molecule has 3 heterocycles. The van der Waals surface area contributed by atoms with Crippen LogP contribution in [0.15, 0.2) is 24.3 Å². The molecule has 0 spiro atoms. The number of hydrogen-bond donors (Lipinski definition) is 4. The molecule has 4 rings (SSSR count). The standard InChI is InChI=1S/C21H29N7O/c1-11(2)19(20-22-14-8-6-7-9-15(14)23-20)24-21(29)17-10-16(25-26-17)18-12(3)27-28(5)13(18)4/h6-9,11,16-17,19,25-26H,10H2,1-5H3,(H,22,23)(H,24,29). The first-order valence-electron chi connectivity index (χ1n) is 10.1. The lowest BCUT2D eigenvalue weighted by Crippen LogP contribution is -2.45. The maximum Gasteiger partial charge on any atom is 0.239 e. The van der Waals surface area contributed by atoms with E-state index in [2.05, 4.69) is 52.0 Å². The summed E-state index contributed by atoms with van der Waals surface area (Å²) in [5.41, 5.74) is 11.6. The Kier molecular flexibility index (Phi) is 5.14. The number of aromatic nitrogens is 4. The van der Waals surface area contributed by atoms with Gasteiger partial charge in [-0.3, -0.25) is 9.48 Å². The van der Waals surface area contributed by atoms with E-state index >= 15 is 0 Å². The summed E-state index contributed by atoms with van der Waals surface area (Å²) in [5.74, 6) is 0.960. The highest BCUT2D eigenvalue weighted by Gasteiger charge is 2.34. The first-order chi connectivity index (χ1) is 13.8. The number of carbonyl (C=O) groups excluding carboxylic acids is 1. The molecule has 3 atom stereocenters. The van der Waals surface area contributed by atoms with Crippen LogP contribution in [-0.2, 0) is 11.8 Å². The van der Waals surface area contributed by atoms with E-state index in [1.165, 1.54) is 0 Å². The van der Waals surface area contributed by atoms with Gasteiger partial charge >= 0.3 is 0 Å². The zero-order valence-electron chi connectivity index (χ0n) is 17.6. The highest BCUT2D eigenvalue weighted by atomic mass is 16.2. The van der Waals surface area contributed by atoms with E-state index in [1.807, 2.05) is 42.9 Å². The fourth-order valence-corrected chi connectivity index (χ4v) is 4.14. The van der Waals surface area contributed by atoms with Crippen molar-refractivity contribution in [1.82, 2.24) is 35.9 Å². The molecule has 3 unspecified atom stereocenters. The van der Waals surface area contributed by atoms with Crippen molar-refractivity contribution in [2.24, 2.45) is 13.0 Å². The Hall–Kier alpha value is -2.71. The van der Waals surface area contributed by atoms with Crippen LogP contribution in [0.5, 0.6) is 0 Å². The van der Waals surface area contributed by atoms with Gasteiger partial charge in [-0.1, -0.05) is 26.0 Å². The normalized spacial score (nSPS) is 20.5. The molecular weight excluding hydrogens is 366 g/mol. The molecule has 1 fully saturated rings. The Morgan fingerprint density at radius 2 is 2.00 bits per heavy atom. The summed E-state index contributed by atoms with van der Waals surface area (Å²) in [6.07, 6.45) is 0.671. The summed E-state index contributed by atoms with van der Waals surface area (Å²) in [7, 11) is 1.94. The predicted octanol–water partition coefficient (Wildman–Crippen LogP) is 2.33. The monoisotopic (exact) mass is 395 g/mol. The lowest BCUT2D eigenvalue weighted by Gasteiger charge is -2.22. The van der Waals surface area contributed by atoms with Crippen LogP contribution in [0.3, 0.4) is 0 Å². The van der Waals surface area contributed by atoms with Crippen molar-refractivity contribution >= 4 is 16.9 Å². The van der Waals surface area contributed by atoms with Gasteiger partial charge in [-0.2, -0.15) is 5.10 Å². The van der Waals surface area contributed by atoms with Gasteiger partial charge in [-0.15, -0.1) is 0 Å². The van der Waals surface area contributed by atoms with Gasteiger partial charge in [0, 0.05) is 18.3 Å². The number of hydrazine groups is 1. The zero-order valence-corrected chi connectivity index (χ0v) is 17.6. The molecule has 3 aromatic rings. The van der Waals surface area contributed by atoms with E-state index < -0.39 is 0 Å². The average molecular weight is 396 g/mol. The topological polar surface area (TPSA) is 99.7 Å². The second-order valence-corrected chi connectivity index (χ2v) is 8.21. The molecular formula is C21H29N7O. The summed E-state index contributed by atoms with van der Waals surface area (Å²) in [6, 6.07) is 7.47. The molecule has 2 aromatic heterocycles. The van der Waals surface area contributed by atoms with Gasteiger partial charge in [-0.25, -0.2) is 15.8 Å². The molecule has 0 saturated carbocycles. The molecule has 29 heavy (non-hydrogen) atoms. The van der Waals surface area contributed by atoms with Gasteiger partial charge in [0.05, 0.1) is 28.8 Å². The van der Waals surface area contributed by atoms with Crippen LogP contribution in [0, 0.1) is 19.8 Å². The predicted molar refractivity (Wildman–Crippen MR) is 112 cm³/mol. The van der Waals surface area contributed by atoms with Gasteiger partial charge in [-0.05, 0) is 38.3 Å². The lowest BCUT2D eigenvalue weighted by atomic mass is 9.99. The minimum Gasteiger partial charge on any atom is -0.344 e. The Balaban J connectivity index is 1.49. The third-order valence-electron chi connectivity index (χ3n) is 5.80. The molecule has 1 aliphatic heterocycles. The number of amides is 1. The first-order valence-corrected chi connectivity index (χ1v) is 10.1. The van der Waals surface area contributed by atoms with Crippen molar-refractivity contribution in [3.63, 3.8) is 0 Å². The minimum atomic E-state index is -0.315. The second kappa shape index (κ2) is 7.61. The van der Waals surface area contributed by atoms with Crippen LogP contribution in [0.25, 0.3) is 11.0 Å². The van der Waals surface area contributed by atoms with Gasteiger partial charge in [0.25, 0.3) is 0 Å². The third kappa shape index (κ3) is 3.65. The van der Waals surface area contributed by atoms with Crippen molar-refractivity contribution in [1.29, 1.82) is 0 Å². The molecule has 0 radical (unpaired) electrons. The summed E-state index contributed by atoms with van der Waals surface area (Å²) in [6.45, 7) is 8.24. The molecule has 8 nitrogen and oxygen atoms in total. The quantitative estimate of drug-likeness (QED) is 0.531. The number of rotatable bonds is 5. The maximum absolute atomic E-state index is 13.0. The SMILES string of the molecule is Cc1nn(C)c(C)c1C1CC(C(=O)NC(c2nc3ccccc3[nH]2)C(C)C)NN1.